The van der Waals surface area contributed by atoms with Crippen molar-refractivity contribution in [1.82, 2.24) is 20.4 Å². The van der Waals surface area contributed by atoms with Crippen molar-refractivity contribution in [3.63, 3.8) is 0 Å². The lowest BCUT2D eigenvalue weighted by Crippen LogP contribution is -2.27. The Bertz CT molecular complexity index is 730. The van der Waals surface area contributed by atoms with Crippen molar-refractivity contribution in [2.24, 2.45) is 0 Å². The van der Waals surface area contributed by atoms with Gasteiger partial charge in [-0.2, -0.15) is 5.10 Å². The smallest absolute Gasteiger partial charge is 0.272 e. The molecule has 0 bridgehead atoms. The zero-order chi connectivity index (χ0) is 17.6. The van der Waals surface area contributed by atoms with Gasteiger partial charge in [0.05, 0.1) is 0 Å². The van der Waals surface area contributed by atoms with Crippen molar-refractivity contribution in [3.8, 4) is 0 Å². The first-order chi connectivity index (χ1) is 12.2. The molecule has 1 aliphatic rings. The highest BCUT2D eigenvalue weighted by Crippen LogP contribution is 2.13. The van der Waals surface area contributed by atoms with Gasteiger partial charge in [0.25, 0.3) is 11.8 Å². The van der Waals surface area contributed by atoms with Gasteiger partial charge in [0.15, 0.2) is 0 Å². The van der Waals surface area contributed by atoms with Crippen LogP contribution < -0.4 is 5.32 Å². The van der Waals surface area contributed by atoms with E-state index in [0.717, 1.165) is 50.0 Å². The maximum Gasteiger partial charge on any atom is 0.272 e. The summed E-state index contributed by atoms with van der Waals surface area (Å²) >= 11 is 0. The first-order valence-corrected chi connectivity index (χ1v) is 8.88. The van der Waals surface area contributed by atoms with Crippen LogP contribution >= 0.6 is 0 Å². The number of aromatic nitrogens is 2. The summed E-state index contributed by atoms with van der Waals surface area (Å²) in [6.07, 6.45) is 4.06. The minimum absolute atomic E-state index is 0.0908. The second kappa shape index (κ2) is 7.96. The van der Waals surface area contributed by atoms with E-state index in [1.54, 1.807) is 6.07 Å². The van der Waals surface area contributed by atoms with Crippen LogP contribution in [0, 0.1) is 0 Å². The molecule has 2 heterocycles. The zero-order valence-corrected chi connectivity index (χ0v) is 14.5. The summed E-state index contributed by atoms with van der Waals surface area (Å²) in [5, 5.41) is 9.78. The fraction of sp³-hybridized carbons (Fsp3) is 0.421. The van der Waals surface area contributed by atoms with Crippen LogP contribution in [0.5, 0.6) is 0 Å². The Morgan fingerprint density at radius 3 is 2.60 bits per heavy atom. The highest BCUT2D eigenvalue weighted by Gasteiger charge is 2.19. The summed E-state index contributed by atoms with van der Waals surface area (Å²) in [6.45, 7) is 4.19. The summed E-state index contributed by atoms with van der Waals surface area (Å²) in [6, 6.07) is 9.22. The molecule has 2 aromatic rings. The predicted octanol–water partition coefficient (Wildman–Crippen LogP) is 2.53. The van der Waals surface area contributed by atoms with Gasteiger partial charge in [0.1, 0.15) is 5.69 Å². The summed E-state index contributed by atoms with van der Waals surface area (Å²) < 4.78 is 0. The second-order valence-electron chi connectivity index (χ2n) is 6.41. The molecule has 0 unspecified atom stereocenters. The summed E-state index contributed by atoms with van der Waals surface area (Å²) in [7, 11) is 0. The molecule has 1 aromatic heterocycles. The molecular formula is C19H24N4O2. The van der Waals surface area contributed by atoms with Crippen molar-refractivity contribution in [3.05, 3.63) is 52.8 Å². The van der Waals surface area contributed by atoms with Gasteiger partial charge in [-0.3, -0.25) is 14.7 Å². The summed E-state index contributed by atoms with van der Waals surface area (Å²) in [5.74, 6) is -0.108. The van der Waals surface area contributed by atoms with Gasteiger partial charge < -0.3 is 10.2 Å². The van der Waals surface area contributed by atoms with E-state index in [1.165, 1.54) is 0 Å². The quantitative estimate of drug-likeness (QED) is 0.848. The average molecular weight is 340 g/mol. The fourth-order valence-electron chi connectivity index (χ4n) is 3.02. The molecule has 6 nitrogen and oxygen atoms in total. The van der Waals surface area contributed by atoms with Crippen LogP contribution in [0.25, 0.3) is 0 Å². The number of hydrogen-bond acceptors (Lipinski definition) is 3. The molecule has 2 amide bonds. The number of nitrogens with zero attached hydrogens (tertiary/aromatic N) is 2. The Labute approximate surface area is 147 Å². The number of rotatable bonds is 6. The molecule has 0 radical (unpaired) electrons. The lowest BCUT2D eigenvalue weighted by Gasteiger charge is -2.15. The number of hydrogen-bond donors (Lipinski definition) is 2. The van der Waals surface area contributed by atoms with Crippen molar-refractivity contribution in [2.75, 3.05) is 13.1 Å². The van der Waals surface area contributed by atoms with Crippen molar-refractivity contribution in [2.45, 2.75) is 39.2 Å². The van der Waals surface area contributed by atoms with Crippen LogP contribution in [0.3, 0.4) is 0 Å². The molecular weight excluding hydrogens is 316 g/mol. The topological polar surface area (TPSA) is 78.1 Å². The van der Waals surface area contributed by atoms with E-state index < -0.39 is 0 Å². The standard InChI is InChI=1S/C19H24N4O2/c1-2-5-16-12-17(22-21-16)18(24)20-13-14-6-8-15(9-7-14)19(25)23-10-3-4-11-23/h6-9,12H,2-5,10-11,13H2,1H3,(H,20,24)(H,21,22). The molecule has 2 N–H and O–H groups in total. The number of carbonyl (C=O) groups excluding carboxylic acids is 2. The summed E-state index contributed by atoms with van der Waals surface area (Å²) in [4.78, 5) is 26.3. The zero-order valence-electron chi connectivity index (χ0n) is 14.5. The molecule has 132 valence electrons. The van der Waals surface area contributed by atoms with Crippen LogP contribution in [0.2, 0.25) is 0 Å². The first kappa shape index (κ1) is 17.2. The fourth-order valence-corrected chi connectivity index (χ4v) is 3.02. The lowest BCUT2D eigenvalue weighted by molar-refractivity contribution is 0.0792. The maximum absolute atomic E-state index is 12.3. The number of aromatic amines is 1. The first-order valence-electron chi connectivity index (χ1n) is 8.88. The number of H-pyrrole nitrogens is 1. The molecule has 0 aliphatic carbocycles. The molecule has 1 saturated heterocycles. The van der Waals surface area contributed by atoms with E-state index in [1.807, 2.05) is 29.2 Å². The van der Waals surface area contributed by atoms with Gasteiger partial charge in [-0.25, -0.2) is 0 Å². The Kier molecular flexibility index (Phi) is 5.48. The largest absolute Gasteiger partial charge is 0.347 e. The molecule has 1 aromatic carbocycles. The minimum Gasteiger partial charge on any atom is -0.347 e. The molecule has 25 heavy (non-hydrogen) atoms. The number of likely N-dealkylation sites (tertiary alicyclic amines) is 1. The van der Waals surface area contributed by atoms with E-state index in [0.29, 0.717) is 17.8 Å². The van der Waals surface area contributed by atoms with Gasteiger partial charge in [-0.1, -0.05) is 25.5 Å². The predicted molar refractivity (Wildman–Crippen MR) is 95.3 cm³/mol. The molecule has 0 atom stereocenters. The van der Waals surface area contributed by atoms with Gasteiger partial charge in [-0.15, -0.1) is 0 Å². The monoisotopic (exact) mass is 340 g/mol. The third-order valence-corrected chi connectivity index (χ3v) is 4.43. The van der Waals surface area contributed by atoms with E-state index in [4.69, 9.17) is 0 Å². The van der Waals surface area contributed by atoms with Crippen LogP contribution in [0.15, 0.2) is 30.3 Å². The van der Waals surface area contributed by atoms with Crippen molar-refractivity contribution in [1.29, 1.82) is 0 Å². The Morgan fingerprint density at radius 1 is 1.20 bits per heavy atom. The normalized spacial score (nSPS) is 13.9. The number of amides is 2. The van der Waals surface area contributed by atoms with E-state index in [2.05, 4.69) is 22.4 Å². The maximum atomic E-state index is 12.3. The van der Waals surface area contributed by atoms with E-state index >= 15 is 0 Å². The molecule has 0 spiro atoms. The molecule has 6 heteroatoms. The van der Waals surface area contributed by atoms with Gasteiger partial charge in [0.2, 0.25) is 0 Å². The summed E-state index contributed by atoms with van der Waals surface area (Å²) in [5.41, 5.74) is 3.03. The van der Waals surface area contributed by atoms with E-state index in [-0.39, 0.29) is 11.8 Å². The van der Waals surface area contributed by atoms with Crippen LogP contribution in [-0.2, 0) is 13.0 Å². The highest BCUT2D eigenvalue weighted by molar-refractivity contribution is 5.94. The number of nitrogens with one attached hydrogen (secondary N) is 2. The SMILES string of the molecule is CCCc1cc(C(=O)NCc2ccc(C(=O)N3CCCC3)cc2)n[nH]1. The number of aryl methyl sites for hydroxylation is 1. The van der Waals surface area contributed by atoms with Gasteiger partial charge in [0, 0.05) is 30.9 Å². The third kappa shape index (κ3) is 4.26. The van der Waals surface area contributed by atoms with Crippen molar-refractivity contribution >= 4 is 11.8 Å². The van der Waals surface area contributed by atoms with Crippen molar-refractivity contribution < 1.29 is 9.59 Å². The van der Waals surface area contributed by atoms with Gasteiger partial charge >= 0.3 is 0 Å². The molecule has 1 fully saturated rings. The molecule has 1 aliphatic heterocycles. The molecule has 0 saturated carbocycles. The van der Waals surface area contributed by atoms with Crippen LogP contribution in [-0.4, -0.2) is 40.0 Å². The highest BCUT2D eigenvalue weighted by atomic mass is 16.2. The second-order valence-corrected chi connectivity index (χ2v) is 6.41. The molecule has 3 rings (SSSR count). The number of carbonyl (C=O) groups is 2. The Balaban J connectivity index is 1.54. The van der Waals surface area contributed by atoms with Crippen LogP contribution in [0.4, 0.5) is 0 Å². The minimum atomic E-state index is -0.198. The number of benzene rings is 1. The lowest BCUT2D eigenvalue weighted by atomic mass is 10.1. The Hall–Kier alpha value is -2.63. The van der Waals surface area contributed by atoms with E-state index in [9.17, 15) is 9.59 Å². The Morgan fingerprint density at radius 2 is 1.92 bits per heavy atom. The average Bonchev–Trinajstić information content (AvgIpc) is 3.32. The van der Waals surface area contributed by atoms with Gasteiger partial charge in [-0.05, 0) is 43.0 Å². The van der Waals surface area contributed by atoms with Crippen LogP contribution in [0.1, 0.15) is 58.3 Å². The third-order valence-electron chi connectivity index (χ3n) is 4.43.